The second kappa shape index (κ2) is 11.5. The van der Waals surface area contributed by atoms with Crippen molar-refractivity contribution in [3.8, 4) is 0 Å². The topological polar surface area (TPSA) is 117 Å². The predicted octanol–water partition coefficient (Wildman–Crippen LogP) is -0.668. The number of carbonyl (C=O) groups excluding carboxylic acids is 1. The van der Waals surface area contributed by atoms with Crippen LogP contribution in [0.4, 0.5) is 0 Å². The largest absolute Gasteiger partial charge is 0.490 e. The van der Waals surface area contributed by atoms with E-state index in [1.165, 1.54) is 11.6 Å². The number of allylic oxidation sites excluding steroid dienone is 1. The lowest BCUT2D eigenvalue weighted by atomic mass is 9.83. The minimum absolute atomic E-state index is 0.00548. The molecule has 5 aliphatic heterocycles. The molecule has 4 fully saturated rings. The quantitative estimate of drug-likeness (QED) is 0.178. The smallest absolute Gasteiger partial charge is 0.246 e. The van der Waals surface area contributed by atoms with E-state index >= 15 is 0 Å². The molecule has 7 N–H and O–H groups in total. The maximum absolute atomic E-state index is 12.0. The molecule has 11 nitrogen and oxygen atoms in total. The molecule has 1 saturated carbocycles. The van der Waals surface area contributed by atoms with Crippen LogP contribution >= 0.6 is 0 Å². The minimum Gasteiger partial charge on any atom is -0.490 e. The summed E-state index contributed by atoms with van der Waals surface area (Å²) in [4.78, 5) is 13.8. The Labute approximate surface area is 225 Å². The van der Waals surface area contributed by atoms with Crippen molar-refractivity contribution in [3.63, 3.8) is 0 Å². The molecule has 0 aromatic heterocycles. The van der Waals surface area contributed by atoms with Gasteiger partial charge in [0.25, 0.3) is 0 Å². The van der Waals surface area contributed by atoms with Gasteiger partial charge in [0.15, 0.2) is 0 Å². The van der Waals surface area contributed by atoms with Crippen LogP contribution in [0, 0.1) is 5.92 Å². The van der Waals surface area contributed by atoms with Gasteiger partial charge in [-0.2, -0.15) is 0 Å². The van der Waals surface area contributed by atoms with E-state index in [0.717, 1.165) is 57.9 Å². The number of hydrogen-bond donors (Lipinski definition) is 7. The number of nitrogens with zero attached hydrogens (tertiary/aromatic N) is 2. The van der Waals surface area contributed by atoms with Crippen LogP contribution in [0.2, 0.25) is 0 Å². The monoisotopic (exact) mass is 525 g/mol. The summed E-state index contributed by atoms with van der Waals surface area (Å²) in [6.07, 6.45) is 14.7. The highest BCUT2D eigenvalue weighted by Gasteiger charge is 2.40. The van der Waals surface area contributed by atoms with Gasteiger partial charge >= 0.3 is 0 Å². The summed E-state index contributed by atoms with van der Waals surface area (Å²) in [5, 5.41) is 24.3. The summed E-state index contributed by atoms with van der Waals surface area (Å²) >= 11 is 0. The number of ether oxygens (including phenoxy) is 1. The van der Waals surface area contributed by atoms with Gasteiger partial charge in [-0.15, -0.1) is 0 Å². The summed E-state index contributed by atoms with van der Waals surface area (Å²) in [6, 6.07) is 1.07. The minimum atomic E-state index is 0.00548. The maximum atomic E-state index is 12.0. The highest BCUT2D eigenvalue weighted by Crippen LogP contribution is 2.30. The highest BCUT2D eigenvalue weighted by molar-refractivity contribution is 5.87. The van der Waals surface area contributed by atoms with Crippen LogP contribution in [-0.2, 0) is 9.53 Å². The van der Waals surface area contributed by atoms with Crippen molar-refractivity contribution in [3.05, 3.63) is 48.4 Å². The zero-order valence-corrected chi connectivity index (χ0v) is 22.3. The molecular weight excluding hydrogens is 482 g/mol. The second-order valence-corrected chi connectivity index (χ2v) is 11.3. The molecule has 3 saturated heterocycles. The first-order valence-corrected chi connectivity index (χ1v) is 14.2. The van der Waals surface area contributed by atoms with Gasteiger partial charge < -0.3 is 9.64 Å². The zero-order chi connectivity index (χ0) is 26.1. The molecule has 8 unspecified atom stereocenters. The number of hydrazine groups is 1. The van der Waals surface area contributed by atoms with Gasteiger partial charge in [0.05, 0.1) is 25.0 Å². The molecule has 208 valence electrons. The van der Waals surface area contributed by atoms with E-state index in [1.807, 2.05) is 4.90 Å². The van der Waals surface area contributed by atoms with Gasteiger partial charge in [0.2, 0.25) is 5.91 Å². The summed E-state index contributed by atoms with van der Waals surface area (Å²) in [7, 11) is 0. The van der Waals surface area contributed by atoms with Crippen LogP contribution in [0.1, 0.15) is 32.6 Å². The van der Waals surface area contributed by atoms with Gasteiger partial charge in [-0.05, 0) is 55.4 Å². The summed E-state index contributed by atoms with van der Waals surface area (Å²) in [5.41, 5.74) is 4.61. The Hall–Kier alpha value is -2.25. The van der Waals surface area contributed by atoms with E-state index < -0.39 is 0 Å². The van der Waals surface area contributed by atoms with Gasteiger partial charge in [-0.25, -0.2) is 5.43 Å². The van der Waals surface area contributed by atoms with Crippen LogP contribution < -0.4 is 37.3 Å². The fourth-order valence-electron chi connectivity index (χ4n) is 6.66. The predicted molar refractivity (Wildman–Crippen MR) is 146 cm³/mol. The van der Waals surface area contributed by atoms with Gasteiger partial charge in [0, 0.05) is 44.6 Å². The zero-order valence-electron chi connectivity index (χ0n) is 22.3. The fourth-order valence-corrected chi connectivity index (χ4v) is 6.66. The van der Waals surface area contributed by atoms with E-state index in [4.69, 9.17) is 4.74 Å². The molecule has 0 radical (unpaired) electrons. The van der Waals surface area contributed by atoms with Crippen LogP contribution in [0.5, 0.6) is 0 Å². The first-order valence-electron chi connectivity index (χ1n) is 14.2. The Kier molecular flexibility index (Phi) is 7.85. The third kappa shape index (κ3) is 5.55. The molecule has 5 heterocycles. The number of nitrogens with one attached hydrogen (secondary N) is 7. The molecule has 38 heavy (non-hydrogen) atoms. The average molecular weight is 526 g/mol. The van der Waals surface area contributed by atoms with Crippen molar-refractivity contribution in [1.29, 1.82) is 0 Å². The number of hydrogen-bond acceptors (Lipinski definition) is 10. The Bertz CT molecular complexity index is 984. The fraction of sp³-hybridized carbons (Fsp3) is 0.667. The first kappa shape index (κ1) is 26.0. The molecule has 0 spiro atoms. The molecule has 0 aromatic rings. The number of rotatable bonds is 6. The summed E-state index contributed by atoms with van der Waals surface area (Å²) < 4.78 is 6.46. The van der Waals surface area contributed by atoms with Crippen molar-refractivity contribution >= 4 is 5.91 Å². The van der Waals surface area contributed by atoms with Crippen LogP contribution in [0.25, 0.3) is 0 Å². The van der Waals surface area contributed by atoms with Crippen molar-refractivity contribution in [2.24, 2.45) is 5.92 Å². The van der Waals surface area contributed by atoms with E-state index in [-0.39, 0.29) is 36.6 Å². The third-order valence-corrected chi connectivity index (χ3v) is 8.87. The van der Waals surface area contributed by atoms with E-state index in [1.54, 1.807) is 0 Å². The van der Waals surface area contributed by atoms with Crippen molar-refractivity contribution in [2.45, 2.75) is 75.3 Å². The number of amides is 1. The lowest BCUT2D eigenvalue weighted by molar-refractivity contribution is -0.125. The Morgan fingerprint density at radius 2 is 2.13 bits per heavy atom. The van der Waals surface area contributed by atoms with Crippen molar-refractivity contribution in [2.75, 3.05) is 33.0 Å². The van der Waals surface area contributed by atoms with Crippen LogP contribution in [0.15, 0.2) is 48.4 Å². The van der Waals surface area contributed by atoms with Crippen molar-refractivity contribution < 1.29 is 9.53 Å². The van der Waals surface area contributed by atoms with Crippen molar-refractivity contribution in [1.82, 2.24) is 47.2 Å². The van der Waals surface area contributed by atoms with Gasteiger partial charge in [-0.1, -0.05) is 19.6 Å². The van der Waals surface area contributed by atoms with Gasteiger partial charge in [-0.3, -0.25) is 41.7 Å². The molecule has 8 atom stereocenters. The molecule has 0 aromatic carbocycles. The second-order valence-electron chi connectivity index (χ2n) is 11.3. The summed E-state index contributed by atoms with van der Waals surface area (Å²) in [6.45, 7) is 9.81. The molecule has 1 aliphatic carbocycles. The molecule has 6 aliphatic rings. The molecule has 11 heteroatoms. The van der Waals surface area contributed by atoms with E-state index in [2.05, 4.69) is 80.3 Å². The lowest BCUT2D eigenvalue weighted by Gasteiger charge is -2.48. The SMILES string of the molecule is C=CC(=O)N1CC=C(C2NCC3NCNC(NC4CCC(OC5=CC6NCNN6C=C5)C(C)C4)C3N2)CC1. The molecular formula is C27H43N9O2. The standard InChI is InChI=1S/C27H43N9O2/c1-3-24(37)35-9-6-18(7-10-35)26-28-14-21-25(34-26)27(31-15-29-21)33-19-4-5-22(17(2)12-19)38-20-8-11-36-23(13-20)30-16-32-36/h3,6,8,11,13,17,19,21-23,25-34H,1,4-5,7,9-10,12,14-16H2,2H3. The average Bonchev–Trinajstić information content (AvgIpc) is 3.42. The van der Waals surface area contributed by atoms with E-state index in [0.29, 0.717) is 24.5 Å². The van der Waals surface area contributed by atoms with Gasteiger partial charge in [0.1, 0.15) is 18.0 Å². The van der Waals surface area contributed by atoms with E-state index in [9.17, 15) is 4.79 Å². The number of carbonyl (C=O) groups is 1. The number of fused-ring (bicyclic) bond motifs is 2. The Balaban J connectivity index is 1.02. The highest BCUT2D eigenvalue weighted by atomic mass is 16.5. The third-order valence-electron chi connectivity index (χ3n) is 8.87. The normalized spacial score (nSPS) is 39.1. The van der Waals surface area contributed by atoms with Crippen LogP contribution in [-0.4, -0.2) is 91.5 Å². The van der Waals surface area contributed by atoms with Crippen LogP contribution in [0.3, 0.4) is 0 Å². The molecule has 6 rings (SSSR count). The molecule has 1 amide bonds. The first-order chi connectivity index (χ1) is 18.6. The Morgan fingerprint density at radius 1 is 1.21 bits per heavy atom. The maximum Gasteiger partial charge on any atom is 0.246 e. The summed E-state index contributed by atoms with van der Waals surface area (Å²) in [5.74, 6) is 1.45. The molecule has 0 bridgehead atoms. The lowest BCUT2D eigenvalue weighted by Crippen LogP contribution is -2.77. The Morgan fingerprint density at radius 3 is 2.95 bits per heavy atom.